The number of ether oxygens (including phenoxy) is 1. The second-order valence-electron chi connectivity index (χ2n) is 4.80. The molecule has 5 nitrogen and oxygen atoms in total. The van der Waals surface area contributed by atoms with E-state index in [1.807, 2.05) is 0 Å². The van der Waals surface area contributed by atoms with E-state index in [1.54, 1.807) is 0 Å². The summed E-state index contributed by atoms with van der Waals surface area (Å²) in [5.41, 5.74) is 0. The fraction of sp³-hybridized carbons (Fsp3) is 0.917. The number of hydrogen-bond acceptors (Lipinski definition) is 4. The van der Waals surface area contributed by atoms with E-state index in [0.717, 1.165) is 26.2 Å². The SMILES string of the molecule is O=C(CC1CNCCO1)NCCN1CCCC1. The summed E-state index contributed by atoms with van der Waals surface area (Å²) in [5.74, 6) is 0.109. The maximum absolute atomic E-state index is 11.6. The summed E-state index contributed by atoms with van der Waals surface area (Å²) in [5, 5.41) is 6.20. The lowest BCUT2D eigenvalue weighted by Gasteiger charge is -2.23. The minimum atomic E-state index is 0.0514. The molecule has 17 heavy (non-hydrogen) atoms. The van der Waals surface area contributed by atoms with E-state index in [2.05, 4.69) is 15.5 Å². The van der Waals surface area contributed by atoms with E-state index in [4.69, 9.17) is 4.74 Å². The summed E-state index contributed by atoms with van der Waals surface area (Å²) in [6.45, 7) is 6.52. The monoisotopic (exact) mass is 241 g/mol. The zero-order valence-corrected chi connectivity index (χ0v) is 10.4. The molecule has 0 aromatic rings. The van der Waals surface area contributed by atoms with Gasteiger partial charge in [0.05, 0.1) is 19.1 Å². The largest absolute Gasteiger partial charge is 0.375 e. The van der Waals surface area contributed by atoms with Crippen LogP contribution in [0.5, 0.6) is 0 Å². The van der Waals surface area contributed by atoms with Gasteiger partial charge in [0.15, 0.2) is 0 Å². The molecule has 0 saturated carbocycles. The van der Waals surface area contributed by atoms with Gasteiger partial charge in [0, 0.05) is 26.2 Å². The van der Waals surface area contributed by atoms with Gasteiger partial charge in [-0.15, -0.1) is 0 Å². The first kappa shape index (κ1) is 12.8. The Morgan fingerprint density at radius 2 is 2.24 bits per heavy atom. The Kier molecular flexibility index (Phi) is 5.22. The highest BCUT2D eigenvalue weighted by Gasteiger charge is 2.17. The second-order valence-corrected chi connectivity index (χ2v) is 4.80. The number of morpholine rings is 1. The summed E-state index contributed by atoms with van der Waals surface area (Å²) >= 11 is 0. The van der Waals surface area contributed by atoms with E-state index < -0.39 is 0 Å². The van der Waals surface area contributed by atoms with Crippen molar-refractivity contribution in [1.29, 1.82) is 0 Å². The topological polar surface area (TPSA) is 53.6 Å². The van der Waals surface area contributed by atoms with Gasteiger partial charge < -0.3 is 20.3 Å². The van der Waals surface area contributed by atoms with Crippen LogP contribution >= 0.6 is 0 Å². The molecule has 2 aliphatic heterocycles. The summed E-state index contributed by atoms with van der Waals surface area (Å²) in [6, 6.07) is 0. The number of carbonyl (C=O) groups excluding carboxylic acids is 1. The van der Waals surface area contributed by atoms with Crippen molar-refractivity contribution in [2.75, 3.05) is 45.9 Å². The molecule has 0 spiro atoms. The normalized spacial score (nSPS) is 26.0. The van der Waals surface area contributed by atoms with Crippen molar-refractivity contribution in [3.8, 4) is 0 Å². The van der Waals surface area contributed by atoms with Gasteiger partial charge in [0.2, 0.25) is 5.91 Å². The van der Waals surface area contributed by atoms with Crippen LogP contribution in [0.4, 0.5) is 0 Å². The lowest BCUT2D eigenvalue weighted by Crippen LogP contribution is -2.42. The predicted octanol–water partition coefficient (Wildman–Crippen LogP) is -0.423. The Balaban J connectivity index is 1.53. The summed E-state index contributed by atoms with van der Waals surface area (Å²) in [6.07, 6.45) is 3.13. The van der Waals surface area contributed by atoms with E-state index >= 15 is 0 Å². The number of rotatable bonds is 5. The zero-order chi connectivity index (χ0) is 11.9. The van der Waals surface area contributed by atoms with Crippen molar-refractivity contribution in [2.45, 2.75) is 25.4 Å². The number of carbonyl (C=O) groups is 1. The van der Waals surface area contributed by atoms with E-state index in [9.17, 15) is 4.79 Å². The molecule has 1 atom stereocenters. The van der Waals surface area contributed by atoms with Crippen LogP contribution in [0.25, 0.3) is 0 Å². The number of likely N-dealkylation sites (tertiary alicyclic amines) is 1. The number of amides is 1. The molecule has 0 aromatic carbocycles. The molecule has 0 bridgehead atoms. The van der Waals surface area contributed by atoms with Crippen LogP contribution < -0.4 is 10.6 Å². The lowest BCUT2D eigenvalue weighted by molar-refractivity contribution is -0.124. The highest BCUT2D eigenvalue weighted by atomic mass is 16.5. The highest BCUT2D eigenvalue weighted by molar-refractivity contribution is 5.76. The quantitative estimate of drug-likeness (QED) is 0.686. The van der Waals surface area contributed by atoms with Gasteiger partial charge >= 0.3 is 0 Å². The summed E-state index contributed by atoms with van der Waals surface area (Å²) < 4.78 is 5.49. The van der Waals surface area contributed by atoms with Crippen LogP contribution in [0.3, 0.4) is 0 Å². The molecule has 5 heteroatoms. The molecule has 2 fully saturated rings. The highest BCUT2D eigenvalue weighted by Crippen LogP contribution is 2.05. The van der Waals surface area contributed by atoms with Crippen LogP contribution in [0.1, 0.15) is 19.3 Å². The molecule has 0 aliphatic carbocycles. The van der Waals surface area contributed by atoms with Gasteiger partial charge in [-0.05, 0) is 25.9 Å². The number of nitrogens with zero attached hydrogens (tertiary/aromatic N) is 1. The van der Waals surface area contributed by atoms with Gasteiger partial charge in [0.1, 0.15) is 0 Å². The van der Waals surface area contributed by atoms with Gasteiger partial charge in [0.25, 0.3) is 0 Å². The van der Waals surface area contributed by atoms with Gasteiger partial charge in [-0.1, -0.05) is 0 Å². The Morgan fingerprint density at radius 1 is 1.41 bits per heavy atom. The second kappa shape index (κ2) is 6.93. The van der Waals surface area contributed by atoms with Gasteiger partial charge in [-0.25, -0.2) is 0 Å². The molecule has 2 rings (SSSR count). The third-order valence-electron chi connectivity index (χ3n) is 3.37. The van der Waals surface area contributed by atoms with Crippen molar-refractivity contribution in [2.24, 2.45) is 0 Å². The van der Waals surface area contributed by atoms with Crippen LogP contribution in [-0.2, 0) is 9.53 Å². The van der Waals surface area contributed by atoms with Crippen molar-refractivity contribution >= 4 is 5.91 Å². The maximum atomic E-state index is 11.6. The summed E-state index contributed by atoms with van der Waals surface area (Å²) in [7, 11) is 0. The average molecular weight is 241 g/mol. The van der Waals surface area contributed by atoms with E-state index in [-0.39, 0.29) is 12.0 Å². The molecule has 0 radical (unpaired) electrons. The molecule has 2 saturated heterocycles. The van der Waals surface area contributed by atoms with Crippen LogP contribution in [0.2, 0.25) is 0 Å². The molecule has 1 amide bonds. The molecular weight excluding hydrogens is 218 g/mol. The van der Waals surface area contributed by atoms with Crippen LogP contribution in [0, 0.1) is 0 Å². The van der Waals surface area contributed by atoms with Crippen LogP contribution in [-0.4, -0.2) is 62.8 Å². The molecular formula is C12H23N3O2. The fourth-order valence-corrected chi connectivity index (χ4v) is 2.39. The third-order valence-corrected chi connectivity index (χ3v) is 3.37. The zero-order valence-electron chi connectivity index (χ0n) is 10.4. The first-order valence-electron chi connectivity index (χ1n) is 6.66. The summed E-state index contributed by atoms with van der Waals surface area (Å²) in [4.78, 5) is 14.0. The van der Waals surface area contributed by atoms with Crippen LogP contribution in [0.15, 0.2) is 0 Å². The van der Waals surface area contributed by atoms with Gasteiger partial charge in [-0.2, -0.15) is 0 Å². The minimum Gasteiger partial charge on any atom is -0.375 e. The Labute approximate surface area is 103 Å². The molecule has 2 aliphatic rings. The molecule has 2 heterocycles. The number of hydrogen-bond donors (Lipinski definition) is 2. The van der Waals surface area contributed by atoms with E-state index in [1.165, 1.54) is 25.9 Å². The molecule has 98 valence electrons. The predicted molar refractivity (Wildman–Crippen MR) is 65.9 cm³/mol. The third kappa shape index (κ3) is 4.61. The standard InChI is InChI=1S/C12H23N3O2/c16-12(9-11-10-13-4-8-17-11)14-3-7-15-5-1-2-6-15/h11,13H,1-10H2,(H,14,16). The molecule has 1 unspecified atom stereocenters. The average Bonchev–Trinajstić information content (AvgIpc) is 2.83. The molecule has 0 aromatic heterocycles. The Bertz CT molecular complexity index is 236. The first-order chi connectivity index (χ1) is 8.34. The molecule has 2 N–H and O–H groups in total. The van der Waals surface area contributed by atoms with Crippen molar-refractivity contribution in [3.63, 3.8) is 0 Å². The Morgan fingerprint density at radius 3 is 2.94 bits per heavy atom. The van der Waals surface area contributed by atoms with Crippen molar-refractivity contribution in [3.05, 3.63) is 0 Å². The van der Waals surface area contributed by atoms with Crippen molar-refractivity contribution < 1.29 is 9.53 Å². The van der Waals surface area contributed by atoms with Crippen molar-refractivity contribution in [1.82, 2.24) is 15.5 Å². The lowest BCUT2D eigenvalue weighted by atomic mass is 10.2. The minimum absolute atomic E-state index is 0.0514. The maximum Gasteiger partial charge on any atom is 0.222 e. The van der Waals surface area contributed by atoms with Gasteiger partial charge in [-0.3, -0.25) is 4.79 Å². The Hall–Kier alpha value is -0.650. The number of nitrogens with one attached hydrogen (secondary N) is 2. The van der Waals surface area contributed by atoms with E-state index in [0.29, 0.717) is 13.0 Å². The first-order valence-corrected chi connectivity index (χ1v) is 6.66. The fourth-order valence-electron chi connectivity index (χ4n) is 2.39. The smallest absolute Gasteiger partial charge is 0.222 e.